The molecule has 0 fully saturated rings. The maximum Gasteiger partial charge on any atom is 0.418 e. The second kappa shape index (κ2) is 4.63. The SMILES string of the molecule is O=[C]OC(C(Cl)(Cl)Cl)C(Cl)(Cl)Cl. The summed E-state index contributed by atoms with van der Waals surface area (Å²) < 4.78 is 0.151. The van der Waals surface area contributed by atoms with Crippen molar-refractivity contribution >= 4 is 76.1 Å². The van der Waals surface area contributed by atoms with E-state index in [-0.39, 0.29) is 0 Å². The van der Waals surface area contributed by atoms with Gasteiger partial charge in [-0.3, -0.25) is 0 Å². The Hall–Kier alpha value is 1.21. The molecule has 0 N–H and O–H groups in total. The quantitative estimate of drug-likeness (QED) is 0.731. The van der Waals surface area contributed by atoms with E-state index in [4.69, 9.17) is 69.6 Å². The number of hydrogen-bond acceptors (Lipinski definition) is 2. The molecule has 0 bridgehead atoms. The molecule has 0 aliphatic heterocycles. The second-order valence-corrected chi connectivity index (χ2v) is 6.40. The molecule has 1 radical (unpaired) electrons. The Morgan fingerprint density at radius 1 is 1.00 bits per heavy atom. The summed E-state index contributed by atoms with van der Waals surface area (Å²) in [7, 11) is 0. The van der Waals surface area contributed by atoms with E-state index >= 15 is 0 Å². The standard InChI is InChI=1S/C4HCl6O2/c5-3(6,7)2(12-1-11)4(8,9)10/h2H. The molecule has 0 aliphatic rings. The van der Waals surface area contributed by atoms with Crippen molar-refractivity contribution in [1.29, 1.82) is 0 Å². The van der Waals surface area contributed by atoms with E-state index in [0.29, 0.717) is 0 Å². The minimum Gasteiger partial charge on any atom is -0.445 e. The molecule has 0 heterocycles. The lowest BCUT2D eigenvalue weighted by atomic mass is 10.4. The van der Waals surface area contributed by atoms with E-state index < -0.39 is 13.7 Å². The minimum absolute atomic E-state index is 1.02. The van der Waals surface area contributed by atoms with Crippen molar-refractivity contribution in [3.05, 3.63) is 0 Å². The van der Waals surface area contributed by atoms with Gasteiger partial charge >= 0.3 is 6.47 Å². The first kappa shape index (κ1) is 13.2. The van der Waals surface area contributed by atoms with Gasteiger partial charge in [0, 0.05) is 0 Å². The molecule has 2 nitrogen and oxygen atoms in total. The molecule has 0 amide bonds. The zero-order chi connectivity index (χ0) is 9.99. The number of halogens is 6. The molecule has 0 atom stereocenters. The summed E-state index contributed by atoms with van der Waals surface area (Å²) in [6.07, 6.45) is -1.50. The van der Waals surface area contributed by atoms with Gasteiger partial charge in [-0.2, -0.15) is 0 Å². The van der Waals surface area contributed by atoms with Crippen LogP contribution in [0.15, 0.2) is 0 Å². The Morgan fingerprint density at radius 2 is 1.33 bits per heavy atom. The average molecular weight is 294 g/mol. The smallest absolute Gasteiger partial charge is 0.418 e. The average Bonchev–Trinajstić information content (AvgIpc) is 1.77. The van der Waals surface area contributed by atoms with Crippen LogP contribution in [-0.2, 0) is 9.53 Å². The molecule has 0 unspecified atom stereocenters. The lowest BCUT2D eigenvalue weighted by Gasteiger charge is -2.27. The molecule has 0 spiro atoms. The molecule has 0 aromatic rings. The zero-order valence-electron chi connectivity index (χ0n) is 5.16. The monoisotopic (exact) mass is 291 g/mol. The van der Waals surface area contributed by atoms with E-state index in [2.05, 4.69) is 4.74 Å². The van der Waals surface area contributed by atoms with Crippen LogP contribution in [0.3, 0.4) is 0 Å². The van der Waals surface area contributed by atoms with Crippen molar-refractivity contribution < 1.29 is 9.53 Å². The summed E-state index contributed by atoms with van der Waals surface area (Å²) in [5, 5.41) is 0. The van der Waals surface area contributed by atoms with E-state index in [0.717, 1.165) is 6.47 Å². The third-order valence-corrected chi connectivity index (χ3v) is 1.95. The molecule has 0 aromatic carbocycles. The molecule has 0 aromatic heterocycles. The van der Waals surface area contributed by atoms with Gasteiger partial charge < -0.3 is 4.74 Å². The van der Waals surface area contributed by atoms with Gasteiger partial charge in [0.25, 0.3) is 0 Å². The Balaban J connectivity index is 4.56. The van der Waals surface area contributed by atoms with Crippen LogP contribution in [0, 0.1) is 0 Å². The van der Waals surface area contributed by atoms with Crippen LogP contribution in [-0.4, -0.2) is 20.2 Å². The Morgan fingerprint density at radius 3 is 1.42 bits per heavy atom. The van der Waals surface area contributed by atoms with Gasteiger partial charge in [-0.25, -0.2) is 4.79 Å². The van der Waals surface area contributed by atoms with Crippen molar-refractivity contribution in [2.24, 2.45) is 0 Å². The maximum atomic E-state index is 9.81. The van der Waals surface area contributed by atoms with Crippen LogP contribution in [0.5, 0.6) is 0 Å². The van der Waals surface area contributed by atoms with Crippen LogP contribution < -0.4 is 0 Å². The highest BCUT2D eigenvalue weighted by molar-refractivity contribution is 6.73. The predicted octanol–water partition coefficient (Wildman–Crippen LogP) is 3.18. The molecule has 0 saturated heterocycles. The normalized spacial score (nSPS) is 13.2. The summed E-state index contributed by atoms with van der Waals surface area (Å²) in [4.78, 5) is 9.81. The van der Waals surface area contributed by atoms with Gasteiger partial charge in [-0.1, -0.05) is 69.6 Å². The zero-order valence-corrected chi connectivity index (χ0v) is 9.70. The molecule has 0 aliphatic carbocycles. The minimum atomic E-state index is -2.01. The fraction of sp³-hybridized carbons (Fsp3) is 0.750. The first-order valence-corrected chi connectivity index (χ1v) is 4.62. The highest BCUT2D eigenvalue weighted by Crippen LogP contribution is 2.44. The molecular formula is C4HCl6O2. The fourth-order valence-corrected chi connectivity index (χ4v) is 2.12. The lowest BCUT2D eigenvalue weighted by molar-refractivity contribution is 0.183. The largest absolute Gasteiger partial charge is 0.445 e. The van der Waals surface area contributed by atoms with Crippen molar-refractivity contribution in [3.63, 3.8) is 0 Å². The van der Waals surface area contributed by atoms with Crippen molar-refractivity contribution in [2.75, 3.05) is 0 Å². The van der Waals surface area contributed by atoms with Gasteiger partial charge in [0.15, 0.2) is 6.10 Å². The van der Waals surface area contributed by atoms with Crippen LogP contribution in [0.1, 0.15) is 0 Å². The highest BCUT2D eigenvalue weighted by atomic mass is 35.6. The van der Waals surface area contributed by atoms with Gasteiger partial charge in [-0.15, -0.1) is 0 Å². The maximum absolute atomic E-state index is 9.81. The van der Waals surface area contributed by atoms with Gasteiger partial charge in [0.2, 0.25) is 7.59 Å². The van der Waals surface area contributed by atoms with Crippen molar-refractivity contribution in [2.45, 2.75) is 13.7 Å². The number of hydrogen-bond donors (Lipinski definition) is 0. The molecule has 0 rings (SSSR count). The lowest BCUT2D eigenvalue weighted by Crippen LogP contribution is -2.40. The molecule has 12 heavy (non-hydrogen) atoms. The molecule has 0 saturated carbocycles. The summed E-state index contributed by atoms with van der Waals surface area (Å²) in [5.74, 6) is 0. The highest BCUT2D eigenvalue weighted by Gasteiger charge is 2.48. The Bertz CT molecular complexity index is 144. The first-order valence-electron chi connectivity index (χ1n) is 2.36. The number of rotatable bonds is 2. The van der Waals surface area contributed by atoms with Gasteiger partial charge in [-0.05, 0) is 0 Å². The van der Waals surface area contributed by atoms with Crippen LogP contribution in [0.4, 0.5) is 0 Å². The van der Waals surface area contributed by atoms with Crippen LogP contribution >= 0.6 is 69.6 Å². The van der Waals surface area contributed by atoms with Crippen molar-refractivity contribution in [1.82, 2.24) is 0 Å². The molecule has 71 valence electrons. The Labute approximate surface area is 98.9 Å². The van der Waals surface area contributed by atoms with Gasteiger partial charge in [0.05, 0.1) is 0 Å². The number of carbonyl (C=O) groups excluding carboxylic acids is 1. The first-order chi connectivity index (χ1) is 5.19. The Kier molecular flexibility index (Phi) is 5.09. The second-order valence-electron chi connectivity index (χ2n) is 1.66. The molecule has 8 heteroatoms. The van der Waals surface area contributed by atoms with E-state index in [1.807, 2.05) is 0 Å². The third kappa shape index (κ3) is 4.45. The molecular weight excluding hydrogens is 293 g/mol. The summed E-state index contributed by atoms with van der Waals surface area (Å²) in [6, 6.07) is 0. The third-order valence-electron chi connectivity index (χ3n) is 0.761. The van der Waals surface area contributed by atoms with E-state index in [9.17, 15) is 4.79 Å². The summed E-state index contributed by atoms with van der Waals surface area (Å²) in [5.41, 5.74) is 0. The van der Waals surface area contributed by atoms with Crippen LogP contribution in [0.2, 0.25) is 0 Å². The number of ether oxygens (including phenoxy) is 1. The topological polar surface area (TPSA) is 26.3 Å². The van der Waals surface area contributed by atoms with E-state index in [1.165, 1.54) is 0 Å². The van der Waals surface area contributed by atoms with Crippen LogP contribution in [0.25, 0.3) is 0 Å². The van der Waals surface area contributed by atoms with Gasteiger partial charge in [0.1, 0.15) is 0 Å². The summed E-state index contributed by atoms with van der Waals surface area (Å²) in [6.45, 7) is 1.02. The fourth-order valence-electron chi connectivity index (χ4n) is 0.367. The number of alkyl halides is 6. The predicted molar refractivity (Wildman–Crippen MR) is 51.1 cm³/mol. The van der Waals surface area contributed by atoms with Crippen molar-refractivity contribution in [3.8, 4) is 0 Å². The summed E-state index contributed by atoms with van der Waals surface area (Å²) >= 11 is 32.0. The van der Waals surface area contributed by atoms with E-state index in [1.54, 1.807) is 0 Å².